The number of amides is 1. The van der Waals surface area contributed by atoms with E-state index in [4.69, 9.17) is 0 Å². The summed E-state index contributed by atoms with van der Waals surface area (Å²) in [4.78, 5) is 15.1. The van der Waals surface area contributed by atoms with E-state index in [0.29, 0.717) is 25.2 Å². The second kappa shape index (κ2) is 6.33. The molecule has 3 aliphatic rings. The summed E-state index contributed by atoms with van der Waals surface area (Å²) in [6.07, 6.45) is 5.19. The first-order chi connectivity index (χ1) is 12.4. The smallest absolute Gasteiger partial charge is 0.281 e. The molecular weight excluding hydrogens is 354 g/mol. The molecule has 0 spiro atoms. The lowest BCUT2D eigenvalue weighted by Gasteiger charge is -2.36. The minimum absolute atomic E-state index is 0.0648. The van der Waals surface area contributed by atoms with Crippen molar-refractivity contribution in [3.63, 3.8) is 0 Å². The fourth-order valence-corrected chi connectivity index (χ4v) is 5.18. The molecule has 3 saturated heterocycles. The molecule has 0 N–H and O–H groups in total. The highest BCUT2D eigenvalue weighted by atomic mass is 32.2. The van der Waals surface area contributed by atoms with Gasteiger partial charge in [0.2, 0.25) is 0 Å². The summed E-state index contributed by atoms with van der Waals surface area (Å²) in [6.45, 7) is 1.41. The van der Waals surface area contributed by atoms with Gasteiger partial charge in [-0.15, -0.1) is 0 Å². The van der Waals surface area contributed by atoms with Gasteiger partial charge in [0.15, 0.2) is 0 Å². The Kier molecular flexibility index (Phi) is 4.25. The Morgan fingerprint density at radius 2 is 2.00 bits per heavy atom. The molecule has 2 atom stereocenters. The molecule has 26 heavy (non-hydrogen) atoms. The molecule has 8 nitrogen and oxygen atoms in total. The van der Waals surface area contributed by atoms with Crippen molar-refractivity contribution >= 4 is 21.6 Å². The second-order valence-corrected chi connectivity index (χ2v) is 9.39. The largest absolute Gasteiger partial charge is 0.334 e. The van der Waals surface area contributed by atoms with Crippen molar-refractivity contribution in [1.82, 2.24) is 23.1 Å². The number of fused-ring (bicyclic) bond motifs is 5. The van der Waals surface area contributed by atoms with Crippen LogP contribution in [0.15, 0.2) is 30.6 Å². The highest BCUT2D eigenvalue weighted by molar-refractivity contribution is 7.86. The van der Waals surface area contributed by atoms with Crippen LogP contribution in [0, 0.1) is 5.92 Å². The van der Waals surface area contributed by atoms with Gasteiger partial charge in [-0.1, -0.05) is 6.07 Å². The minimum Gasteiger partial charge on any atom is -0.334 e. The molecule has 9 heteroatoms. The average molecular weight is 377 g/mol. The Morgan fingerprint density at radius 1 is 1.19 bits per heavy atom. The molecular formula is C17H23N5O3S. The number of aromatic nitrogens is 2. The van der Waals surface area contributed by atoms with Crippen LogP contribution in [0.25, 0.3) is 5.52 Å². The fraction of sp³-hybridized carbons (Fsp3) is 0.529. The third kappa shape index (κ3) is 2.80. The van der Waals surface area contributed by atoms with Crippen molar-refractivity contribution < 1.29 is 13.2 Å². The van der Waals surface area contributed by atoms with Gasteiger partial charge in [-0.05, 0) is 30.9 Å². The number of carbonyl (C=O) groups is 1. The first-order valence-electron chi connectivity index (χ1n) is 8.79. The van der Waals surface area contributed by atoms with Crippen LogP contribution in [-0.2, 0) is 10.2 Å². The summed E-state index contributed by atoms with van der Waals surface area (Å²) in [6, 6.07) is 5.52. The number of nitrogens with zero attached hydrogens (tertiary/aromatic N) is 5. The molecule has 0 saturated carbocycles. The van der Waals surface area contributed by atoms with E-state index >= 15 is 0 Å². The quantitative estimate of drug-likeness (QED) is 0.788. The van der Waals surface area contributed by atoms with Gasteiger partial charge in [0.1, 0.15) is 0 Å². The summed E-state index contributed by atoms with van der Waals surface area (Å²) in [5, 5.41) is 4.25. The molecule has 5 rings (SSSR count). The van der Waals surface area contributed by atoms with Crippen LogP contribution < -0.4 is 0 Å². The lowest BCUT2D eigenvalue weighted by atomic mass is 9.94. The van der Waals surface area contributed by atoms with E-state index in [0.717, 1.165) is 18.4 Å². The molecule has 0 aromatic carbocycles. The van der Waals surface area contributed by atoms with Crippen molar-refractivity contribution in [3.05, 3.63) is 36.2 Å². The van der Waals surface area contributed by atoms with Crippen molar-refractivity contribution in [2.75, 3.05) is 33.7 Å². The second-order valence-electron chi connectivity index (χ2n) is 7.25. The van der Waals surface area contributed by atoms with Gasteiger partial charge in [0.05, 0.1) is 17.3 Å². The van der Waals surface area contributed by atoms with Gasteiger partial charge >= 0.3 is 0 Å². The topological polar surface area (TPSA) is 78.2 Å². The van der Waals surface area contributed by atoms with E-state index in [1.807, 2.05) is 29.3 Å². The molecule has 2 aromatic rings. The number of pyridine rings is 1. The number of hydrogen-bond acceptors (Lipinski definition) is 4. The van der Waals surface area contributed by atoms with Crippen LogP contribution in [0.3, 0.4) is 0 Å². The number of piperidine rings is 1. The molecule has 2 aromatic heterocycles. The Labute approximate surface area is 153 Å². The summed E-state index contributed by atoms with van der Waals surface area (Å²) in [5.41, 5.74) is 1.34. The molecule has 2 bridgehead atoms. The van der Waals surface area contributed by atoms with Crippen molar-refractivity contribution in [3.8, 4) is 0 Å². The van der Waals surface area contributed by atoms with Gasteiger partial charge in [-0.25, -0.2) is 4.52 Å². The zero-order chi connectivity index (χ0) is 18.5. The van der Waals surface area contributed by atoms with Gasteiger partial charge in [0, 0.05) is 46.0 Å². The van der Waals surface area contributed by atoms with E-state index in [-0.39, 0.29) is 17.9 Å². The third-order valence-electron chi connectivity index (χ3n) is 5.39. The first kappa shape index (κ1) is 17.4. The van der Waals surface area contributed by atoms with E-state index in [1.165, 1.54) is 8.61 Å². The van der Waals surface area contributed by atoms with Gasteiger partial charge in [-0.2, -0.15) is 22.1 Å². The van der Waals surface area contributed by atoms with Crippen LogP contribution >= 0.6 is 0 Å². The lowest BCUT2D eigenvalue weighted by molar-refractivity contribution is 0.0590. The van der Waals surface area contributed by atoms with Gasteiger partial charge < -0.3 is 4.90 Å². The van der Waals surface area contributed by atoms with E-state index < -0.39 is 10.2 Å². The minimum atomic E-state index is -3.47. The van der Waals surface area contributed by atoms with Crippen molar-refractivity contribution in [1.29, 1.82) is 0 Å². The maximum atomic E-state index is 13.2. The van der Waals surface area contributed by atoms with E-state index in [2.05, 4.69) is 5.10 Å². The highest BCUT2D eigenvalue weighted by Crippen LogP contribution is 2.31. The number of carbonyl (C=O) groups excluding carboxylic acids is 1. The SMILES string of the molecule is CN(C)S(=O)(=O)N1C[C@@H]2CC[C@H](C1)N(C(=O)c1cnn3ccccc13)C2. The molecule has 0 radical (unpaired) electrons. The van der Waals surface area contributed by atoms with Gasteiger partial charge in [0.25, 0.3) is 16.1 Å². The van der Waals surface area contributed by atoms with Crippen LogP contribution in [0.1, 0.15) is 23.2 Å². The van der Waals surface area contributed by atoms with Crippen LogP contribution in [0.4, 0.5) is 0 Å². The Bertz CT molecular complexity index is 939. The van der Waals surface area contributed by atoms with Crippen LogP contribution in [0.5, 0.6) is 0 Å². The number of rotatable bonds is 3. The predicted molar refractivity (Wildman–Crippen MR) is 96.9 cm³/mol. The van der Waals surface area contributed by atoms with Crippen LogP contribution in [0.2, 0.25) is 0 Å². The number of hydrogen-bond donors (Lipinski definition) is 0. The third-order valence-corrected chi connectivity index (χ3v) is 7.26. The Morgan fingerprint density at radius 3 is 2.77 bits per heavy atom. The van der Waals surface area contributed by atoms with Crippen LogP contribution in [-0.4, -0.2) is 77.2 Å². The summed E-state index contributed by atoms with van der Waals surface area (Å²) in [5.74, 6) is 0.0965. The van der Waals surface area contributed by atoms with Crippen molar-refractivity contribution in [2.24, 2.45) is 5.92 Å². The molecule has 0 unspecified atom stereocenters. The molecule has 5 heterocycles. The fourth-order valence-electron chi connectivity index (χ4n) is 3.96. The summed E-state index contributed by atoms with van der Waals surface area (Å²) < 4.78 is 29.6. The first-order valence-corrected chi connectivity index (χ1v) is 10.2. The zero-order valence-corrected chi connectivity index (χ0v) is 15.8. The lowest BCUT2D eigenvalue weighted by Crippen LogP contribution is -2.48. The summed E-state index contributed by atoms with van der Waals surface area (Å²) >= 11 is 0. The maximum Gasteiger partial charge on any atom is 0.281 e. The zero-order valence-electron chi connectivity index (χ0n) is 14.9. The van der Waals surface area contributed by atoms with Crippen molar-refractivity contribution in [2.45, 2.75) is 18.9 Å². The average Bonchev–Trinajstić information content (AvgIpc) is 2.82. The monoisotopic (exact) mass is 377 g/mol. The molecule has 0 aliphatic carbocycles. The van der Waals surface area contributed by atoms with E-state index in [9.17, 15) is 13.2 Å². The highest BCUT2D eigenvalue weighted by Gasteiger charge is 2.41. The predicted octanol–water partition coefficient (Wildman–Crippen LogP) is 0.677. The Balaban J connectivity index is 1.64. The molecule has 1 amide bonds. The van der Waals surface area contributed by atoms with Gasteiger partial charge in [-0.3, -0.25) is 4.79 Å². The molecule has 140 valence electrons. The summed E-state index contributed by atoms with van der Waals surface area (Å²) in [7, 11) is -0.383. The molecule has 3 aliphatic heterocycles. The standard InChI is InChI=1S/C17H23N5O3S/c1-19(2)26(24,25)20-10-13-6-7-14(12-20)21(11-13)17(23)15-9-18-22-8-4-3-5-16(15)22/h3-5,8-9,13-14H,6-7,10-12H2,1-2H3/t13-,14+/m0/s1. The Hall–Kier alpha value is -1.97. The molecule has 3 fully saturated rings. The maximum absolute atomic E-state index is 13.2. The van der Waals surface area contributed by atoms with E-state index in [1.54, 1.807) is 24.8 Å². The normalized spacial score (nSPS) is 24.3.